The fourth-order valence-corrected chi connectivity index (χ4v) is 2.91. The van der Waals surface area contributed by atoms with Crippen LogP contribution in [0.5, 0.6) is 0 Å². The Morgan fingerprint density at radius 2 is 2.38 bits per heavy atom. The van der Waals surface area contributed by atoms with Crippen LogP contribution in [-0.2, 0) is 6.54 Å². The van der Waals surface area contributed by atoms with Crippen molar-refractivity contribution in [1.29, 1.82) is 0 Å². The first-order chi connectivity index (χ1) is 6.25. The molecule has 3 heteroatoms. The van der Waals surface area contributed by atoms with Gasteiger partial charge in [-0.2, -0.15) is 0 Å². The van der Waals surface area contributed by atoms with Gasteiger partial charge in [-0.3, -0.25) is 0 Å². The lowest BCUT2D eigenvalue weighted by Gasteiger charge is -2.10. The molecule has 1 nitrogen and oxygen atoms in total. The van der Waals surface area contributed by atoms with Crippen molar-refractivity contribution in [3.8, 4) is 0 Å². The van der Waals surface area contributed by atoms with Gasteiger partial charge in [-0.05, 0) is 53.7 Å². The van der Waals surface area contributed by atoms with Gasteiger partial charge < -0.3 is 5.32 Å². The molecule has 1 heterocycles. The first-order valence-corrected chi connectivity index (χ1v) is 6.34. The SMILES string of the molecule is CC(NCc1ccc(Br)s1)C1CC1. The maximum atomic E-state index is 3.56. The third kappa shape index (κ3) is 2.79. The Hall–Kier alpha value is 0.140. The Labute approximate surface area is 91.7 Å². The molecule has 1 N–H and O–H groups in total. The van der Waals surface area contributed by atoms with E-state index < -0.39 is 0 Å². The molecular formula is C10H14BrNS. The molecule has 2 rings (SSSR count). The zero-order valence-corrected chi connectivity index (χ0v) is 10.1. The molecule has 1 saturated carbocycles. The topological polar surface area (TPSA) is 12.0 Å². The number of halogens is 1. The highest BCUT2D eigenvalue weighted by Gasteiger charge is 2.27. The Bertz CT molecular complexity index is 280. The second-order valence-corrected chi connectivity index (χ2v) is 6.26. The van der Waals surface area contributed by atoms with E-state index in [4.69, 9.17) is 0 Å². The summed E-state index contributed by atoms with van der Waals surface area (Å²) in [6.45, 7) is 3.31. The summed E-state index contributed by atoms with van der Waals surface area (Å²) < 4.78 is 1.23. The van der Waals surface area contributed by atoms with Gasteiger partial charge in [0.1, 0.15) is 0 Å². The quantitative estimate of drug-likeness (QED) is 0.874. The first-order valence-electron chi connectivity index (χ1n) is 4.73. The van der Waals surface area contributed by atoms with Crippen molar-refractivity contribution in [3.63, 3.8) is 0 Å². The Kier molecular flexibility index (Phi) is 3.06. The van der Waals surface area contributed by atoms with Gasteiger partial charge in [-0.1, -0.05) is 0 Å². The average Bonchev–Trinajstić information content (AvgIpc) is 2.87. The Balaban J connectivity index is 1.78. The Morgan fingerprint density at radius 3 is 2.92 bits per heavy atom. The van der Waals surface area contributed by atoms with E-state index in [-0.39, 0.29) is 0 Å². The zero-order chi connectivity index (χ0) is 9.26. The molecule has 0 bridgehead atoms. The van der Waals surface area contributed by atoms with Crippen molar-refractivity contribution in [1.82, 2.24) is 5.32 Å². The minimum absolute atomic E-state index is 0.695. The molecule has 1 fully saturated rings. The van der Waals surface area contributed by atoms with Crippen LogP contribution in [0.3, 0.4) is 0 Å². The minimum Gasteiger partial charge on any atom is -0.309 e. The standard InChI is InChI=1S/C10H14BrNS/c1-7(8-2-3-8)12-6-9-4-5-10(11)13-9/h4-5,7-8,12H,2-3,6H2,1H3. The molecule has 0 aromatic carbocycles. The van der Waals surface area contributed by atoms with E-state index >= 15 is 0 Å². The fourth-order valence-electron chi connectivity index (χ4n) is 1.47. The molecule has 0 aliphatic heterocycles. The van der Waals surface area contributed by atoms with E-state index in [1.54, 1.807) is 0 Å². The summed E-state index contributed by atoms with van der Waals surface area (Å²) in [6.07, 6.45) is 2.84. The van der Waals surface area contributed by atoms with E-state index in [0.29, 0.717) is 6.04 Å². The summed E-state index contributed by atoms with van der Waals surface area (Å²) in [7, 11) is 0. The predicted molar refractivity (Wildman–Crippen MR) is 61.0 cm³/mol. The van der Waals surface area contributed by atoms with Gasteiger partial charge in [0.25, 0.3) is 0 Å². The number of nitrogens with one attached hydrogen (secondary N) is 1. The molecule has 1 unspecified atom stereocenters. The van der Waals surface area contributed by atoms with Crippen LogP contribution in [0.4, 0.5) is 0 Å². The molecule has 0 radical (unpaired) electrons. The molecule has 0 saturated heterocycles. The second kappa shape index (κ2) is 4.11. The van der Waals surface area contributed by atoms with Crippen LogP contribution >= 0.6 is 27.3 Å². The lowest BCUT2D eigenvalue weighted by Crippen LogP contribution is -2.26. The normalized spacial score (nSPS) is 18.9. The number of thiophene rings is 1. The fraction of sp³-hybridized carbons (Fsp3) is 0.600. The summed E-state index contributed by atoms with van der Waals surface area (Å²) in [4.78, 5) is 1.42. The molecule has 0 amide bonds. The van der Waals surface area contributed by atoms with E-state index in [1.807, 2.05) is 11.3 Å². The largest absolute Gasteiger partial charge is 0.309 e. The number of hydrogen-bond acceptors (Lipinski definition) is 2. The highest BCUT2D eigenvalue weighted by molar-refractivity contribution is 9.11. The van der Waals surface area contributed by atoms with E-state index in [0.717, 1.165) is 12.5 Å². The van der Waals surface area contributed by atoms with Gasteiger partial charge in [0.2, 0.25) is 0 Å². The molecule has 1 atom stereocenters. The summed E-state index contributed by atoms with van der Waals surface area (Å²) >= 11 is 5.29. The lowest BCUT2D eigenvalue weighted by atomic mass is 10.2. The Morgan fingerprint density at radius 1 is 1.62 bits per heavy atom. The van der Waals surface area contributed by atoms with Crippen molar-refractivity contribution in [2.24, 2.45) is 5.92 Å². The lowest BCUT2D eigenvalue weighted by molar-refractivity contribution is 0.499. The number of rotatable bonds is 4. The van der Waals surface area contributed by atoms with Crippen molar-refractivity contribution < 1.29 is 0 Å². The van der Waals surface area contributed by atoms with Gasteiger partial charge in [-0.25, -0.2) is 0 Å². The van der Waals surface area contributed by atoms with Crippen LogP contribution in [0, 0.1) is 5.92 Å². The van der Waals surface area contributed by atoms with Crippen molar-refractivity contribution in [2.75, 3.05) is 0 Å². The van der Waals surface area contributed by atoms with Crippen LogP contribution in [0.25, 0.3) is 0 Å². The molecule has 13 heavy (non-hydrogen) atoms. The maximum Gasteiger partial charge on any atom is 0.0701 e. The summed E-state index contributed by atoms with van der Waals surface area (Å²) in [5.74, 6) is 0.948. The highest BCUT2D eigenvalue weighted by atomic mass is 79.9. The molecule has 1 aliphatic carbocycles. The maximum absolute atomic E-state index is 3.56. The molecule has 1 aromatic rings. The van der Waals surface area contributed by atoms with Crippen LogP contribution in [0.1, 0.15) is 24.6 Å². The molecule has 1 aromatic heterocycles. The summed E-state index contributed by atoms with van der Waals surface area (Å²) in [6, 6.07) is 4.99. The number of hydrogen-bond donors (Lipinski definition) is 1. The highest BCUT2D eigenvalue weighted by Crippen LogP contribution is 2.32. The van der Waals surface area contributed by atoms with Gasteiger partial charge >= 0.3 is 0 Å². The van der Waals surface area contributed by atoms with Crippen molar-refractivity contribution >= 4 is 27.3 Å². The smallest absolute Gasteiger partial charge is 0.0701 e. The van der Waals surface area contributed by atoms with Gasteiger partial charge in [0, 0.05) is 17.5 Å². The average molecular weight is 260 g/mol. The van der Waals surface area contributed by atoms with Crippen LogP contribution in [0.2, 0.25) is 0 Å². The van der Waals surface area contributed by atoms with E-state index in [2.05, 4.69) is 40.3 Å². The molecule has 72 valence electrons. The van der Waals surface area contributed by atoms with E-state index in [9.17, 15) is 0 Å². The van der Waals surface area contributed by atoms with Gasteiger partial charge in [-0.15, -0.1) is 11.3 Å². The van der Waals surface area contributed by atoms with Crippen LogP contribution in [-0.4, -0.2) is 6.04 Å². The molecular weight excluding hydrogens is 246 g/mol. The zero-order valence-electron chi connectivity index (χ0n) is 7.72. The summed E-state index contributed by atoms with van der Waals surface area (Å²) in [5.41, 5.74) is 0. The van der Waals surface area contributed by atoms with Crippen molar-refractivity contribution in [3.05, 3.63) is 20.8 Å². The molecule has 0 spiro atoms. The third-order valence-electron chi connectivity index (χ3n) is 2.56. The van der Waals surface area contributed by atoms with Crippen LogP contribution in [0.15, 0.2) is 15.9 Å². The minimum atomic E-state index is 0.695. The van der Waals surface area contributed by atoms with E-state index in [1.165, 1.54) is 21.5 Å². The summed E-state index contributed by atoms with van der Waals surface area (Å²) in [5, 5.41) is 3.56. The first kappa shape index (κ1) is 9.69. The van der Waals surface area contributed by atoms with Crippen LogP contribution < -0.4 is 5.32 Å². The predicted octanol–water partition coefficient (Wildman–Crippen LogP) is 3.40. The molecule has 1 aliphatic rings. The van der Waals surface area contributed by atoms with Gasteiger partial charge in [0.05, 0.1) is 3.79 Å². The van der Waals surface area contributed by atoms with Gasteiger partial charge in [0.15, 0.2) is 0 Å². The third-order valence-corrected chi connectivity index (χ3v) is 4.18. The van der Waals surface area contributed by atoms with Crippen molar-refractivity contribution in [2.45, 2.75) is 32.4 Å². The monoisotopic (exact) mass is 259 g/mol. The second-order valence-electron chi connectivity index (χ2n) is 3.71.